The second kappa shape index (κ2) is 6.41. The van der Waals surface area contributed by atoms with Crippen LogP contribution in [0.3, 0.4) is 0 Å². The third-order valence-electron chi connectivity index (χ3n) is 5.19. The predicted molar refractivity (Wildman–Crippen MR) is 84.3 cm³/mol. The number of aliphatic hydroxyl groups is 1. The first kappa shape index (κ1) is 15.5. The van der Waals surface area contributed by atoms with E-state index in [0.29, 0.717) is 12.3 Å². The van der Waals surface area contributed by atoms with Gasteiger partial charge in [-0.05, 0) is 37.2 Å². The van der Waals surface area contributed by atoms with Crippen molar-refractivity contribution in [2.45, 2.75) is 57.0 Å². The van der Waals surface area contributed by atoms with E-state index in [9.17, 15) is 9.90 Å². The maximum atomic E-state index is 12.5. The number of carbonyl (C=O) groups excluding carboxylic acids is 1. The zero-order valence-electron chi connectivity index (χ0n) is 13.5. The summed E-state index contributed by atoms with van der Waals surface area (Å²) >= 11 is 0. The highest BCUT2D eigenvalue weighted by Gasteiger charge is 2.35. The van der Waals surface area contributed by atoms with Crippen molar-refractivity contribution in [1.82, 2.24) is 14.7 Å². The minimum Gasteiger partial charge on any atom is -0.389 e. The van der Waals surface area contributed by atoms with Gasteiger partial charge < -0.3 is 10.0 Å². The molecule has 1 aromatic heterocycles. The molecule has 1 aliphatic heterocycles. The largest absolute Gasteiger partial charge is 0.389 e. The Morgan fingerprint density at radius 2 is 2.18 bits per heavy atom. The maximum Gasteiger partial charge on any atom is 0.225 e. The summed E-state index contributed by atoms with van der Waals surface area (Å²) in [6, 6.07) is 0. The molecular formula is C17H27N3O2. The van der Waals surface area contributed by atoms with Gasteiger partial charge in [0.25, 0.3) is 0 Å². The van der Waals surface area contributed by atoms with Crippen molar-refractivity contribution >= 4 is 5.91 Å². The minimum absolute atomic E-state index is 0.137. The van der Waals surface area contributed by atoms with Crippen LogP contribution in [0.15, 0.2) is 12.4 Å². The third-order valence-corrected chi connectivity index (χ3v) is 5.19. The molecule has 0 aromatic carbocycles. The number of nitrogens with zero attached hydrogens (tertiary/aromatic N) is 3. The quantitative estimate of drug-likeness (QED) is 0.924. The Kier molecular flexibility index (Phi) is 4.52. The summed E-state index contributed by atoms with van der Waals surface area (Å²) in [6.45, 7) is 1.66. The van der Waals surface area contributed by atoms with Gasteiger partial charge in [-0.25, -0.2) is 0 Å². The van der Waals surface area contributed by atoms with E-state index in [0.717, 1.165) is 51.6 Å². The topological polar surface area (TPSA) is 58.4 Å². The summed E-state index contributed by atoms with van der Waals surface area (Å²) < 4.78 is 1.83. The fourth-order valence-electron chi connectivity index (χ4n) is 3.92. The van der Waals surface area contributed by atoms with E-state index >= 15 is 0 Å². The molecule has 2 aliphatic rings. The molecule has 0 unspecified atom stereocenters. The highest BCUT2D eigenvalue weighted by Crippen LogP contribution is 2.32. The van der Waals surface area contributed by atoms with Crippen LogP contribution in [-0.2, 0) is 18.3 Å². The molecular weight excluding hydrogens is 278 g/mol. The van der Waals surface area contributed by atoms with E-state index in [1.807, 2.05) is 22.8 Å². The number of likely N-dealkylation sites (tertiary alicyclic amines) is 1. The van der Waals surface area contributed by atoms with Crippen LogP contribution in [0.2, 0.25) is 0 Å². The van der Waals surface area contributed by atoms with E-state index < -0.39 is 5.60 Å². The fourth-order valence-corrected chi connectivity index (χ4v) is 3.92. The Morgan fingerprint density at radius 3 is 2.86 bits per heavy atom. The summed E-state index contributed by atoms with van der Waals surface area (Å²) in [4.78, 5) is 14.4. The highest BCUT2D eigenvalue weighted by molar-refractivity contribution is 5.77. The fraction of sp³-hybridized carbons (Fsp3) is 0.765. The van der Waals surface area contributed by atoms with Crippen LogP contribution >= 0.6 is 0 Å². The lowest BCUT2D eigenvalue weighted by atomic mass is 9.82. The lowest BCUT2D eigenvalue weighted by Gasteiger charge is -2.32. The van der Waals surface area contributed by atoms with Crippen LogP contribution < -0.4 is 0 Å². The second-order valence-electron chi connectivity index (χ2n) is 7.18. The Balaban J connectivity index is 1.50. The second-order valence-corrected chi connectivity index (χ2v) is 7.18. The molecule has 5 nitrogen and oxygen atoms in total. The van der Waals surface area contributed by atoms with E-state index in [1.165, 1.54) is 12.0 Å². The van der Waals surface area contributed by atoms with Gasteiger partial charge in [-0.2, -0.15) is 5.10 Å². The van der Waals surface area contributed by atoms with E-state index in [4.69, 9.17) is 0 Å². The number of hydrogen-bond acceptors (Lipinski definition) is 3. The first-order valence-electron chi connectivity index (χ1n) is 8.52. The molecule has 1 saturated carbocycles. The van der Waals surface area contributed by atoms with Gasteiger partial charge in [-0.1, -0.05) is 19.3 Å². The van der Waals surface area contributed by atoms with Gasteiger partial charge in [-0.15, -0.1) is 0 Å². The van der Waals surface area contributed by atoms with E-state index in [-0.39, 0.29) is 5.91 Å². The van der Waals surface area contributed by atoms with Gasteiger partial charge in [-0.3, -0.25) is 9.48 Å². The Bertz CT molecular complexity index is 520. The molecule has 1 aliphatic carbocycles. The molecule has 2 heterocycles. The third kappa shape index (κ3) is 3.69. The molecule has 0 bridgehead atoms. The van der Waals surface area contributed by atoms with Gasteiger partial charge in [0.05, 0.1) is 18.2 Å². The highest BCUT2D eigenvalue weighted by atomic mass is 16.3. The van der Waals surface area contributed by atoms with Gasteiger partial charge in [0.15, 0.2) is 0 Å². The van der Waals surface area contributed by atoms with Crippen molar-refractivity contribution in [2.24, 2.45) is 13.0 Å². The molecule has 122 valence electrons. The summed E-state index contributed by atoms with van der Waals surface area (Å²) in [7, 11) is 1.93. The summed E-state index contributed by atoms with van der Waals surface area (Å²) in [5, 5.41) is 14.7. The molecule has 1 saturated heterocycles. The predicted octanol–water partition coefficient (Wildman–Crippen LogP) is 1.90. The molecule has 1 N–H and O–H groups in total. The number of aryl methyl sites for hydroxylation is 1. The van der Waals surface area contributed by atoms with Crippen molar-refractivity contribution in [3.8, 4) is 0 Å². The molecule has 22 heavy (non-hydrogen) atoms. The summed E-state index contributed by atoms with van der Waals surface area (Å²) in [5.74, 6) is 0.659. The van der Waals surface area contributed by atoms with Crippen LogP contribution in [0.5, 0.6) is 0 Å². The number of rotatable bonds is 4. The molecule has 0 radical (unpaired) electrons. The van der Waals surface area contributed by atoms with Crippen LogP contribution in [0.25, 0.3) is 0 Å². The number of carbonyl (C=O) groups is 1. The normalized spacial score (nSPS) is 24.6. The van der Waals surface area contributed by atoms with Crippen molar-refractivity contribution in [3.63, 3.8) is 0 Å². The average Bonchev–Trinajstić information content (AvgIpc) is 3.09. The SMILES string of the molecule is Cn1cc(C[C@@H]2CCN(C(=O)CC3(O)CCCCC3)C2)cn1. The molecule has 0 spiro atoms. The molecule has 3 rings (SSSR count). The molecule has 5 heteroatoms. The smallest absolute Gasteiger partial charge is 0.225 e. The molecule has 1 atom stereocenters. The number of aromatic nitrogens is 2. The van der Waals surface area contributed by atoms with Crippen LogP contribution in [0.1, 0.15) is 50.5 Å². The monoisotopic (exact) mass is 305 g/mol. The van der Waals surface area contributed by atoms with E-state index in [2.05, 4.69) is 11.3 Å². The first-order valence-corrected chi connectivity index (χ1v) is 8.52. The number of amides is 1. The molecule has 1 amide bonds. The van der Waals surface area contributed by atoms with Gasteiger partial charge >= 0.3 is 0 Å². The Morgan fingerprint density at radius 1 is 1.41 bits per heavy atom. The van der Waals surface area contributed by atoms with Crippen LogP contribution in [-0.4, -0.2) is 44.4 Å². The molecule has 1 aromatic rings. The van der Waals surface area contributed by atoms with Gasteiger partial charge in [0.1, 0.15) is 0 Å². The first-order chi connectivity index (χ1) is 10.5. The number of hydrogen-bond donors (Lipinski definition) is 1. The average molecular weight is 305 g/mol. The van der Waals surface area contributed by atoms with Crippen molar-refractivity contribution < 1.29 is 9.90 Å². The Labute approximate surface area is 132 Å². The standard InChI is InChI=1S/C17H27N3O2/c1-19-12-15(11-18-19)9-14-5-8-20(13-14)16(21)10-17(22)6-3-2-4-7-17/h11-12,14,22H,2-10,13H2,1H3/t14-/m0/s1. The van der Waals surface area contributed by atoms with E-state index in [1.54, 1.807) is 0 Å². The minimum atomic E-state index is -0.739. The Hall–Kier alpha value is -1.36. The van der Waals surface area contributed by atoms with Gasteiger partial charge in [0.2, 0.25) is 5.91 Å². The van der Waals surface area contributed by atoms with Crippen molar-refractivity contribution in [1.29, 1.82) is 0 Å². The van der Waals surface area contributed by atoms with Crippen LogP contribution in [0, 0.1) is 5.92 Å². The molecule has 2 fully saturated rings. The summed E-state index contributed by atoms with van der Waals surface area (Å²) in [5.41, 5.74) is 0.504. The zero-order valence-corrected chi connectivity index (χ0v) is 13.5. The zero-order chi connectivity index (χ0) is 15.6. The maximum absolute atomic E-state index is 12.5. The van der Waals surface area contributed by atoms with Crippen molar-refractivity contribution in [3.05, 3.63) is 18.0 Å². The lowest BCUT2D eigenvalue weighted by Crippen LogP contribution is -2.39. The lowest BCUT2D eigenvalue weighted by molar-refractivity contribution is -0.136. The van der Waals surface area contributed by atoms with Crippen LogP contribution in [0.4, 0.5) is 0 Å². The van der Waals surface area contributed by atoms with Crippen molar-refractivity contribution in [2.75, 3.05) is 13.1 Å². The van der Waals surface area contributed by atoms with Gasteiger partial charge in [0, 0.05) is 26.3 Å². The summed E-state index contributed by atoms with van der Waals surface area (Å²) in [6.07, 6.45) is 11.2.